The summed E-state index contributed by atoms with van der Waals surface area (Å²) < 4.78 is 14.2. The summed E-state index contributed by atoms with van der Waals surface area (Å²) >= 11 is 3.18. The molecule has 1 aromatic carbocycles. The summed E-state index contributed by atoms with van der Waals surface area (Å²) in [5.41, 5.74) is 0.0541. The Balaban J connectivity index is 1.85. The molecule has 0 aromatic heterocycles. The molecule has 2 unspecified atom stereocenters. The molecule has 1 fully saturated rings. The number of carboxylic acids is 1. The zero-order valence-corrected chi connectivity index (χ0v) is 12.5. The van der Waals surface area contributed by atoms with E-state index in [1.807, 2.05) is 12.2 Å². The van der Waals surface area contributed by atoms with Gasteiger partial charge in [0, 0.05) is 4.47 Å². The van der Waals surface area contributed by atoms with Crippen LogP contribution >= 0.6 is 15.9 Å². The third kappa shape index (κ3) is 2.37. The van der Waals surface area contributed by atoms with Gasteiger partial charge in [-0.25, -0.2) is 4.39 Å². The van der Waals surface area contributed by atoms with E-state index in [0.717, 1.165) is 0 Å². The van der Waals surface area contributed by atoms with E-state index in [9.17, 15) is 19.1 Å². The smallest absolute Gasteiger partial charge is 0.307 e. The number of amides is 1. The first-order chi connectivity index (χ1) is 9.99. The lowest BCUT2D eigenvalue weighted by Crippen LogP contribution is -2.36. The molecule has 0 spiro atoms. The second-order valence-electron chi connectivity index (χ2n) is 5.42. The van der Waals surface area contributed by atoms with Crippen LogP contribution in [-0.2, 0) is 9.59 Å². The van der Waals surface area contributed by atoms with Gasteiger partial charge in [-0.1, -0.05) is 18.2 Å². The van der Waals surface area contributed by atoms with Crippen molar-refractivity contribution in [2.24, 2.45) is 23.7 Å². The molecule has 2 bridgehead atoms. The van der Waals surface area contributed by atoms with Gasteiger partial charge in [-0.3, -0.25) is 9.59 Å². The van der Waals surface area contributed by atoms with E-state index in [1.165, 1.54) is 12.1 Å². The molecular formula is C15H13BrFNO3. The van der Waals surface area contributed by atoms with Gasteiger partial charge in [-0.05, 0) is 46.3 Å². The molecule has 1 amide bonds. The number of halogens is 2. The maximum Gasteiger partial charge on any atom is 0.307 e. The molecule has 0 heterocycles. The molecule has 1 saturated carbocycles. The van der Waals surface area contributed by atoms with Crippen molar-refractivity contribution in [2.45, 2.75) is 6.42 Å². The third-order valence-electron chi connectivity index (χ3n) is 4.26. The number of fused-ring (bicyclic) bond motifs is 2. The van der Waals surface area contributed by atoms with Crippen molar-refractivity contribution in [2.75, 3.05) is 5.32 Å². The van der Waals surface area contributed by atoms with Crippen molar-refractivity contribution in [3.05, 3.63) is 40.6 Å². The highest BCUT2D eigenvalue weighted by Crippen LogP contribution is 2.48. The largest absolute Gasteiger partial charge is 0.481 e. The summed E-state index contributed by atoms with van der Waals surface area (Å²) in [7, 11) is 0. The molecule has 4 atom stereocenters. The standard InChI is InChI=1S/C15H13BrFNO3/c16-9-2-1-3-10(17)13(9)18-14(19)11-7-4-5-8(6-7)12(11)15(20)21/h1-5,7-8,11-12H,6H2,(H,18,19)(H,20,21)/t7?,8?,11-,12+/m0/s1. The first kappa shape index (κ1) is 14.3. The molecule has 110 valence electrons. The number of hydrogen-bond acceptors (Lipinski definition) is 2. The summed E-state index contributed by atoms with van der Waals surface area (Å²) in [6.45, 7) is 0. The number of allylic oxidation sites excluding steroid dienone is 2. The van der Waals surface area contributed by atoms with Gasteiger partial charge in [0.2, 0.25) is 5.91 Å². The van der Waals surface area contributed by atoms with E-state index in [4.69, 9.17) is 0 Å². The number of para-hydroxylation sites is 1. The molecule has 1 aromatic rings. The van der Waals surface area contributed by atoms with Gasteiger partial charge in [0.1, 0.15) is 5.82 Å². The minimum Gasteiger partial charge on any atom is -0.481 e. The van der Waals surface area contributed by atoms with Crippen molar-refractivity contribution in [1.82, 2.24) is 0 Å². The molecule has 2 aliphatic rings. The second kappa shape index (κ2) is 5.26. The van der Waals surface area contributed by atoms with Gasteiger partial charge in [0.15, 0.2) is 0 Å². The Hall–Kier alpha value is -1.69. The van der Waals surface area contributed by atoms with Crippen LogP contribution in [0.1, 0.15) is 6.42 Å². The molecule has 6 heteroatoms. The minimum absolute atomic E-state index is 0.0541. The van der Waals surface area contributed by atoms with Crippen molar-refractivity contribution < 1.29 is 19.1 Å². The molecule has 0 radical (unpaired) electrons. The van der Waals surface area contributed by atoms with Gasteiger partial charge in [0.25, 0.3) is 0 Å². The zero-order chi connectivity index (χ0) is 15.1. The number of benzene rings is 1. The fourth-order valence-corrected chi connectivity index (χ4v) is 3.78. The summed E-state index contributed by atoms with van der Waals surface area (Å²) in [5.74, 6) is -3.53. The number of carbonyl (C=O) groups excluding carboxylic acids is 1. The maximum atomic E-state index is 13.8. The minimum atomic E-state index is -0.973. The van der Waals surface area contributed by atoms with Gasteiger partial charge in [0.05, 0.1) is 17.5 Å². The SMILES string of the molecule is O=C(O)[C@@H]1C2C=CC(C2)[C@@H]1C(=O)Nc1c(F)cccc1Br. The lowest BCUT2D eigenvalue weighted by molar-refractivity contribution is -0.146. The van der Waals surface area contributed by atoms with Crippen molar-refractivity contribution in [3.63, 3.8) is 0 Å². The van der Waals surface area contributed by atoms with Crippen LogP contribution in [0.3, 0.4) is 0 Å². The second-order valence-corrected chi connectivity index (χ2v) is 6.28. The average molecular weight is 354 g/mol. The summed E-state index contributed by atoms with van der Waals surface area (Å²) in [5, 5.41) is 11.9. The monoisotopic (exact) mass is 353 g/mol. The van der Waals surface area contributed by atoms with Gasteiger partial charge < -0.3 is 10.4 Å². The molecule has 4 nitrogen and oxygen atoms in total. The zero-order valence-electron chi connectivity index (χ0n) is 10.9. The lowest BCUT2D eigenvalue weighted by atomic mass is 9.82. The van der Waals surface area contributed by atoms with E-state index < -0.39 is 29.5 Å². The quantitative estimate of drug-likeness (QED) is 0.820. The van der Waals surface area contributed by atoms with E-state index >= 15 is 0 Å². The van der Waals surface area contributed by atoms with Crippen molar-refractivity contribution >= 4 is 33.5 Å². The summed E-state index contributed by atoms with van der Waals surface area (Å²) in [6.07, 6.45) is 4.44. The molecule has 2 N–H and O–H groups in total. The molecular weight excluding hydrogens is 341 g/mol. The van der Waals surface area contributed by atoms with Crippen LogP contribution < -0.4 is 5.32 Å². The highest BCUT2D eigenvalue weighted by Gasteiger charge is 2.51. The Morgan fingerprint density at radius 1 is 1.24 bits per heavy atom. The Morgan fingerprint density at radius 3 is 2.52 bits per heavy atom. The Kier molecular flexibility index (Phi) is 3.57. The first-order valence-electron chi connectivity index (χ1n) is 6.65. The summed E-state index contributed by atoms with van der Waals surface area (Å²) in [6, 6.07) is 4.39. The van der Waals surface area contributed by atoms with Crippen molar-refractivity contribution in [3.8, 4) is 0 Å². The van der Waals surface area contributed by atoms with Crippen LogP contribution in [-0.4, -0.2) is 17.0 Å². The molecule has 2 aliphatic carbocycles. The van der Waals surface area contributed by atoms with Gasteiger partial charge in [-0.2, -0.15) is 0 Å². The average Bonchev–Trinajstić information content (AvgIpc) is 3.03. The number of hydrogen-bond donors (Lipinski definition) is 2. The number of anilines is 1. The van der Waals surface area contributed by atoms with Crippen LogP contribution in [0.15, 0.2) is 34.8 Å². The van der Waals surface area contributed by atoms with Crippen LogP contribution in [0.2, 0.25) is 0 Å². The normalized spacial score (nSPS) is 29.6. The third-order valence-corrected chi connectivity index (χ3v) is 4.92. The Labute approximate surface area is 129 Å². The maximum absolute atomic E-state index is 13.8. The van der Waals surface area contributed by atoms with Crippen LogP contribution in [0.25, 0.3) is 0 Å². The highest BCUT2D eigenvalue weighted by atomic mass is 79.9. The van der Waals surface area contributed by atoms with Crippen LogP contribution in [0.5, 0.6) is 0 Å². The van der Waals surface area contributed by atoms with E-state index in [1.54, 1.807) is 6.07 Å². The fraction of sp³-hybridized carbons (Fsp3) is 0.333. The lowest BCUT2D eigenvalue weighted by Gasteiger charge is -2.24. The topological polar surface area (TPSA) is 66.4 Å². The molecule has 21 heavy (non-hydrogen) atoms. The fourth-order valence-electron chi connectivity index (χ4n) is 3.34. The first-order valence-corrected chi connectivity index (χ1v) is 7.44. The van der Waals surface area contributed by atoms with Gasteiger partial charge in [-0.15, -0.1) is 0 Å². The number of carboxylic acid groups (broad SMARTS) is 1. The number of carbonyl (C=O) groups is 2. The van der Waals surface area contributed by atoms with Gasteiger partial charge >= 0.3 is 5.97 Å². The molecule has 0 saturated heterocycles. The van der Waals surface area contributed by atoms with Crippen molar-refractivity contribution in [1.29, 1.82) is 0 Å². The predicted octanol–water partition coefficient (Wildman–Crippen LogP) is 3.05. The van der Waals surface area contributed by atoms with E-state index in [2.05, 4.69) is 21.2 Å². The van der Waals surface area contributed by atoms with Crippen LogP contribution in [0, 0.1) is 29.5 Å². The van der Waals surface area contributed by atoms with E-state index in [-0.39, 0.29) is 17.5 Å². The highest BCUT2D eigenvalue weighted by molar-refractivity contribution is 9.10. The predicted molar refractivity (Wildman–Crippen MR) is 78.1 cm³/mol. The van der Waals surface area contributed by atoms with Crippen LogP contribution in [0.4, 0.5) is 10.1 Å². The molecule has 0 aliphatic heterocycles. The summed E-state index contributed by atoms with van der Waals surface area (Å²) in [4.78, 5) is 23.8. The Bertz CT molecular complexity index is 626. The number of rotatable bonds is 3. The molecule has 3 rings (SSSR count). The Morgan fingerprint density at radius 2 is 1.90 bits per heavy atom. The number of nitrogens with one attached hydrogen (secondary N) is 1. The number of aliphatic carboxylic acids is 1. The van der Waals surface area contributed by atoms with E-state index in [0.29, 0.717) is 10.9 Å².